The minimum atomic E-state index is 0. The van der Waals surface area contributed by atoms with Gasteiger partial charge in [-0.25, -0.2) is 19.9 Å². The fraction of sp³-hybridized carbons (Fsp3) is 0.421. The van der Waals surface area contributed by atoms with Gasteiger partial charge in [0.25, 0.3) is 0 Å². The van der Waals surface area contributed by atoms with Crippen molar-refractivity contribution in [3.63, 3.8) is 0 Å². The predicted molar refractivity (Wildman–Crippen MR) is 183 cm³/mol. The van der Waals surface area contributed by atoms with Crippen LogP contribution in [-0.4, -0.2) is 30.1 Å². The first-order valence-corrected chi connectivity index (χ1v) is 16.7. The van der Waals surface area contributed by atoms with Crippen LogP contribution in [0.5, 0.6) is 0 Å². The van der Waals surface area contributed by atoms with Gasteiger partial charge in [-0.15, -0.1) is 0 Å². The van der Waals surface area contributed by atoms with E-state index >= 15 is 0 Å². The summed E-state index contributed by atoms with van der Waals surface area (Å²) in [6.07, 6.45) is 12.5. The Morgan fingerprint density at radius 3 is 1.47 bits per heavy atom. The molecule has 2 aliphatic carbocycles. The van der Waals surface area contributed by atoms with E-state index in [2.05, 4.69) is 108 Å². The second kappa shape index (κ2) is 13.0. The van der Waals surface area contributed by atoms with Crippen molar-refractivity contribution < 1.29 is 21.1 Å². The third kappa shape index (κ3) is 6.29. The zero-order chi connectivity index (χ0) is 32.1. The zero-order valence-electron chi connectivity index (χ0n) is 28.2. The number of nitrogens with zero attached hydrogens (tertiary/aromatic N) is 8. The maximum Gasteiger partial charge on any atom is 2.00 e. The SMILES string of the molecule is CCc1ccc2cnc(-c3[n-]nc4c3CCCC4(C)C)nc2c1.CCc1ccc2cnc(-c3[n-]nc4c3CCCC4(C)C)nc2c1.[Pt+2]. The van der Waals surface area contributed by atoms with Crippen molar-refractivity contribution in [2.24, 2.45) is 0 Å². The molecule has 4 aromatic heterocycles. The van der Waals surface area contributed by atoms with Crippen molar-refractivity contribution >= 4 is 21.8 Å². The molecule has 0 atom stereocenters. The van der Waals surface area contributed by atoms with Crippen LogP contribution in [0.1, 0.15) is 101 Å². The van der Waals surface area contributed by atoms with E-state index in [0.29, 0.717) is 11.6 Å². The van der Waals surface area contributed by atoms with Gasteiger partial charge < -0.3 is 20.4 Å². The predicted octanol–water partition coefficient (Wildman–Crippen LogP) is 7.65. The summed E-state index contributed by atoms with van der Waals surface area (Å²) in [6.45, 7) is 13.3. The Hall–Kier alpha value is -3.77. The third-order valence-corrected chi connectivity index (χ3v) is 9.92. The Morgan fingerprint density at radius 1 is 0.638 bits per heavy atom. The van der Waals surface area contributed by atoms with Crippen molar-refractivity contribution in [3.8, 4) is 23.0 Å². The van der Waals surface area contributed by atoms with E-state index in [-0.39, 0.29) is 31.9 Å². The van der Waals surface area contributed by atoms with E-state index in [4.69, 9.17) is 9.97 Å². The Morgan fingerprint density at radius 2 is 1.06 bits per heavy atom. The van der Waals surface area contributed by atoms with Crippen molar-refractivity contribution in [1.29, 1.82) is 0 Å². The normalized spacial score (nSPS) is 16.1. The summed E-state index contributed by atoms with van der Waals surface area (Å²) < 4.78 is 0. The molecule has 0 unspecified atom stereocenters. The molecule has 2 aliphatic rings. The van der Waals surface area contributed by atoms with Gasteiger partial charge in [0.2, 0.25) is 0 Å². The molecular formula is C38H42N8Pt. The van der Waals surface area contributed by atoms with Crippen LogP contribution in [0.3, 0.4) is 0 Å². The summed E-state index contributed by atoms with van der Waals surface area (Å²) in [6, 6.07) is 12.7. The molecule has 0 radical (unpaired) electrons. The molecule has 6 aromatic rings. The molecule has 47 heavy (non-hydrogen) atoms. The molecule has 0 saturated carbocycles. The Labute approximate surface area is 291 Å². The topological polar surface area (TPSA) is 106 Å². The Kier molecular flexibility index (Phi) is 9.19. The molecule has 0 bridgehead atoms. The van der Waals surface area contributed by atoms with Gasteiger partial charge in [0.1, 0.15) is 11.6 Å². The van der Waals surface area contributed by atoms with E-state index in [9.17, 15) is 0 Å². The van der Waals surface area contributed by atoms with Crippen LogP contribution in [0.15, 0.2) is 48.8 Å². The smallest absolute Gasteiger partial charge is 0.572 e. The van der Waals surface area contributed by atoms with Gasteiger partial charge in [-0.3, -0.25) is 0 Å². The molecule has 0 saturated heterocycles. The first-order chi connectivity index (χ1) is 22.2. The second-order valence-electron chi connectivity index (χ2n) is 14.1. The van der Waals surface area contributed by atoms with E-state index in [1.165, 1.54) is 35.1 Å². The van der Waals surface area contributed by atoms with Gasteiger partial charge in [-0.05, 0) is 85.8 Å². The van der Waals surface area contributed by atoms with Gasteiger partial charge in [-0.1, -0.05) is 77.2 Å². The molecule has 9 heteroatoms. The van der Waals surface area contributed by atoms with Gasteiger partial charge in [0.15, 0.2) is 0 Å². The molecule has 0 aliphatic heterocycles. The number of hydrogen-bond donors (Lipinski definition) is 0. The molecule has 8 nitrogen and oxygen atoms in total. The molecule has 0 N–H and O–H groups in total. The quantitative estimate of drug-likeness (QED) is 0.179. The molecule has 244 valence electrons. The van der Waals surface area contributed by atoms with Gasteiger partial charge in [0, 0.05) is 45.4 Å². The first kappa shape index (κ1) is 33.1. The van der Waals surface area contributed by atoms with Crippen LogP contribution in [0.4, 0.5) is 0 Å². The maximum atomic E-state index is 4.77. The Bertz CT molecular complexity index is 1910. The zero-order valence-corrected chi connectivity index (χ0v) is 30.4. The number of aromatic nitrogens is 8. The van der Waals surface area contributed by atoms with Crippen LogP contribution in [0.25, 0.3) is 44.8 Å². The summed E-state index contributed by atoms with van der Waals surface area (Å²) in [4.78, 5) is 18.6. The van der Waals surface area contributed by atoms with Crippen LogP contribution in [0.2, 0.25) is 0 Å². The van der Waals surface area contributed by atoms with E-state index in [1.807, 2.05) is 12.4 Å². The summed E-state index contributed by atoms with van der Waals surface area (Å²) in [5, 5.41) is 20.0. The van der Waals surface area contributed by atoms with Gasteiger partial charge >= 0.3 is 21.1 Å². The standard InChI is InChI=1S/2C19H21N4.Pt/c2*1-4-12-7-8-13-11-20-18(21-15(13)10-12)16-14-6-5-9-19(2,3)17(14)23-22-16;/h2*7-8,10-11H,4-6,9H2,1-3H3;/q2*-1;+2. The fourth-order valence-electron chi connectivity index (χ4n) is 7.04. The third-order valence-electron chi connectivity index (χ3n) is 9.92. The number of benzene rings is 2. The van der Waals surface area contributed by atoms with Crippen LogP contribution >= 0.6 is 0 Å². The second-order valence-corrected chi connectivity index (χ2v) is 14.1. The molecule has 0 amide bonds. The number of aryl methyl sites for hydroxylation is 2. The van der Waals surface area contributed by atoms with E-state index in [0.717, 1.165) is 83.1 Å². The van der Waals surface area contributed by atoms with E-state index < -0.39 is 0 Å². The van der Waals surface area contributed by atoms with E-state index in [1.54, 1.807) is 0 Å². The largest absolute Gasteiger partial charge is 2.00 e. The minimum absolute atomic E-state index is 0. The average Bonchev–Trinajstić information content (AvgIpc) is 3.70. The molecule has 0 fully saturated rings. The van der Waals surface area contributed by atoms with Crippen molar-refractivity contribution in [2.45, 2.75) is 104 Å². The fourth-order valence-corrected chi connectivity index (χ4v) is 7.04. The summed E-state index contributed by atoms with van der Waals surface area (Å²) in [5.41, 5.74) is 11.2. The van der Waals surface area contributed by atoms with Crippen molar-refractivity contribution in [3.05, 3.63) is 82.4 Å². The molecule has 2 aromatic carbocycles. The average molecular weight is 806 g/mol. The number of fused-ring (bicyclic) bond motifs is 4. The van der Waals surface area contributed by atoms with Crippen molar-refractivity contribution in [1.82, 2.24) is 40.3 Å². The molecule has 4 heterocycles. The summed E-state index contributed by atoms with van der Waals surface area (Å²) >= 11 is 0. The molecule has 8 rings (SSSR count). The molecule has 0 spiro atoms. The maximum absolute atomic E-state index is 4.77. The van der Waals surface area contributed by atoms with Crippen LogP contribution in [0, 0.1) is 0 Å². The number of hydrogen-bond acceptors (Lipinski definition) is 6. The van der Waals surface area contributed by atoms with Gasteiger partial charge in [-0.2, -0.15) is 0 Å². The summed E-state index contributed by atoms with van der Waals surface area (Å²) in [7, 11) is 0. The first-order valence-electron chi connectivity index (χ1n) is 16.7. The number of rotatable bonds is 4. The van der Waals surface area contributed by atoms with Crippen molar-refractivity contribution in [2.75, 3.05) is 0 Å². The van der Waals surface area contributed by atoms with Crippen LogP contribution in [-0.2, 0) is 57.6 Å². The van der Waals surface area contributed by atoms with Crippen LogP contribution < -0.4 is 10.2 Å². The molecular weight excluding hydrogens is 764 g/mol. The minimum Gasteiger partial charge on any atom is -0.572 e. The Balaban J connectivity index is 0.000000161. The van der Waals surface area contributed by atoms with Gasteiger partial charge in [0.05, 0.1) is 11.0 Å². The monoisotopic (exact) mass is 805 g/mol. The summed E-state index contributed by atoms with van der Waals surface area (Å²) in [5.74, 6) is 1.41.